The summed E-state index contributed by atoms with van der Waals surface area (Å²) in [5.41, 5.74) is 12.6. The largest absolute Gasteiger partial charge is 0.309 e. The van der Waals surface area contributed by atoms with Crippen LogP contribution in [0.4, 0.5) is 0 Å². The van der Waals surface area contributed by atoms with Gasteiger partial charge in [0.1, 0.15) is 0 Å². The molecule has 0 saturated heterocycles. The van der Waals surface area contributed by atoms with Crippen molar-refractivity contribution in [1.82, 2.24) is 19.5 Å². The molecule has 4 nitrogen and oxygen atoms in total. The molecule has 4 heteroatoms. The van der Waals surface area contributed by atoms with E-state index < -0.39 is 0 Å². The summed E-state index contributed by atoms with van der Waals surface area (Å²) in [6.45, 7) is 0. The van der Waals surface area contributed by atoms with Crippen LogP contribution in [-0.2, 0) is 0 Å². The Balaban J connectivity index is 1.15. The van der Waals surface area contributed by atoms with Crippen LogP contribution < -0.4 is 0 Å². The van der Waals surface area contributed by atoms with Gasteiger partial charge in [-0.1, -0.05) is 164 Å². The van der Waals surface area contributed by atoms with Gasteiger partial charge in [0.05, 0.1) is 33.5 Å². The second-order valence-electron chi connectivity index (χ2n) is 14.0. The fourth-order valence-electron chi connectivity index (χ4n) is 8.30. The Morgan fingerprint density at radius 2 is 0.927 bits per heavy atom. The summed E-state index contributed by atoms with van der Waals surface area (Å²) >= 11 is 0. The van der Waals surface area contributed by atoms with Crippen molar-refractivity contribution in [2.45, 2.75) is 0 Å². The number of para-hydroxylation sites is 4. The minimum atomic E-state index is 0.703. The van der Waals surface area contributed by atoms with E-state index in [0.29, 0.717) is 5.82 Å². The van der Waals surface area contributed by atoms with Crippen molar-refractivity contribution in [3.8, 4) is 50.7 Å². The molecule has 0 atom stereocenters. The van der Waals surface area contributed by atoms with Crippen LogP contribution in [0, 0.1) is 0 Å². The number of fused-ring (bicyclic) bond motifs is 8. The summed E-state index contributed by atoms with van der Waals surface area (Å²) in [7, 11) is 0. The Morgan fingerprint density at radius 1 is 0.327 bits per heavy atom. The van der Waals surface area contributed by atoms with Crippen molar-refractivity contribution in [3.05, 3.63) is 194 Å². The van der Waals surface area contributed by atoms with Gasteiger partial charge in [0.25, 0.3) is 0 Å². The van der Waals surface area contributed by atoms with Crippen LogP contribution in [0.15, 0.2) is 194 Å². The van der Waals surface area contributed by atoms with Gasteiger partial charge in [-0.25, -0.2) is 15.0 Å². The number of hydrogen-bond donors (Lipinski definition) is 0. The van der Waals surface area contributed by atoms with Gasteiger partial charge in [-0.2, -0.15) is 0 Å². The van der Waals surface area contributed by atoms with E-state index in [1.807, 2.05) is 18.2 Å². The molecule has 8 aromatic carbocycles. The maximum Gasteiger partial charge on any atom is 0.160 e. The van der Waals surface area contributed by atoms with Gasteiger partial charge < -0.3 is 4.57 Å². The third-order valence-corrected chi connectivity index (χ3v) is 10.8. The van der Waals surface area contributed by atoms with E-state index in [4.69, 9.17) is 15.0 Å². The predicted molar refractivity (Wildman–Crippen MR) is 228 cm³/mol. The Bertz CT molecular complexity index is 3220. The van der Waals surface area contributed by atoms with Crippen molar-refractivity contribution >= 4 is 54.4 Å². The molecule has 0 fully saturated rings. The quantitative estimate of drug-likeness (QED) is 0.168. The molecule has 0 amide bonds. The first-order chi connectivity index (χ1) is 27.3. The number of rotatable bonds is 5. The van der Waals surface area contributed by atoms with Crippen molar-refractivity contribution in [2.24, 2.45) is 0 Å². The molecule has 0 spiro atoms. The van der Waals surface area contributed by atoms with E-state index >= 15 is 0 Å². The maximum atomic E-state index is 5.53. The zero-order valence-electron chi connectivity index (χ0n) is 29.8. The normalized spacial score (nSPS) is 11.6. The zero-order valence-corrected chi connectivity index (χ0v) is 29.8. The van der Waals surface area contributed by atoms with Crippen LogP contribution in [0.2, 0.25) is 0 Å². The van der Waals surface area contributed by atoms with Crippen molar-refractivity contribution in [2.75, 3.05) is 0 Å². The van der Waals surface area contributed by atoms with Crippen LogP contribution in [0.5, 0.6) is 0 Å². The van der Waals surface area contributed by atoms with Gasteiger partial charge in [0.2, 0.25) is 0 Å². The van der Waals surface area contributed by atoms with Crippen LogP contribution in [0.25, 0.3) is 105 Å². The highest BCUT2D eigenvalue weighted by Gasteiger charge is 2.21. The average Bonchev–Trinajstić information content (AvgIpc) is 3.61. The first-order valence-corrected chi connectivity index (χ1v) is 18.6. The third-order valence-electron chi connectivity index (χ3n) is 10.8. The molecule has 0 N–H and O–H groups in total. The van der Waals surface area contributed by atoms with E-state index in [1.54, 1.807) is 0 Å². The topological polar surface area (TPSA) is 43.6 Å². The molecule has 0 radical (unpaired) electrons. The number of aromatic nitrogens is 4. The van der Waals surface area contributed by atoms with Gasteiger partial charge in [-0.05, 0) is 35.9 Å². The van der Waals surface area contributed by atoms with E-state index in [1.165, 1.54) is 27.2 Å². The molecule has 3 heterocycles. The second kappa shape index (κ2) is 12.6. The minimum absolute atomic E-state index is 0.703. The van der Waals surface area contributed by atoms with Gasteiger partial charge in [-0.3, -0.25) is 0 Å². The number of hydrogen-bond acceptors (Lipinski definition) is 3. The summed E-state index contributed by atoms with van der Waals surface area (Å²) in [5, 5.41) is 6.97. The molecule has 0 aliphatic carbocycles. The lowest BCUT2D eigenvalue weighted by Crippen LogP contribution is -1.96. The molecule has 55 heavy (non-hydrogen) atoms. The molecule has 3 aromatic heterocycles. The summed E-state index contributed by atoms with van der Waals surface area (Å²) in [6.07, 6.45) is 0. The maximum absolute atomic E-state index is 5.53. The Morgan fingerprint density at radius 3 is 1.67 bits per heavy atom. The van der Waals surface area contributed by atoms with Gasteiger partial charge in [0.15, 0.2) is 5.82 Å². The lowest BCUT2D eigenvalue weighted by molar-refractivity contribution is 1.18. The van der Waals surface area contributed by atoms with Gasteiger partial charge >= 0.3 is 0 Å². The summed E-state index contributed by atoms with van der Waals surface area (Å²) in [4.78, 5) is 15.7. The molecular formula is C51H32N4. The molecule has 0 aliphatic heterocycles. The number of benzene rings is 8. The van der Waals surface area contributed by atoms with Gasteiger partial charge in [0, 0.05) is 60.3 Å². The third kappa shape index (κ3) is 5.03. The smallest absolute Gasteiger partial charge is 0.160 e. The predicted octanol–water partition coefficient (Wildman–Crippen LogP) is 13.1. The van der Waals surface area contributed by atoms with Crippen LogP contribution >= 0.6 is 0 Å². The monoisotopic (exact) mass is 700 g/mol. The molecule has 0 bridgehead atoms. The van der Waals surface area contributed by atoms with E-state index in [-0.39, 0.29) is 0 Å². The highest BCUT2D eigenvalue weighted by atomic mass is 15.0. The lowest BCUT2D eigenvalue weighted by Gasteiger charge is -2.15. The molecule has 256 valence electrons. The molecule has 11 aromatic rings. The van der Waals surface area contributed by atoms with Crippen LogP contribution in [0.3, 0.4) is 0 Å². The lowest BCUT2D eigenvalue weighted by atomic mass is 9.93. The molecule has 0 saturated carbocycles. The van der Waals surface area contributed by atoms with Crippen molar-refractivity contribution in [3.63, 3.8) is 0 Å². The SMILES string of the molecule is c1ccc(-c2nc(-c3ccc(-c4cccc5c4nc(-c4ccccc4)c4ccc6c(c7ccccc7n6-c6ccccc6)c45)cc3)nc3ccccc23)cc1. The summed E-state index contributed by atoms with van der Waals surface area (Å²) in [6, 6.07) is 68.3. The first kappa shape index (κ1) is 31.1. The van der Waals surface area contributed by atoms with Crippen molar-refractivity contribution in [1.29, 1.82) is 0 Å². The Labute approximate surface area is 317 Å². The van der Waals surface area contributed by atoms with E-state index in [2.05, 4.69) is 180 Å². The highest BCUT2D eigenvalue weighted by molar-refractivity contribution is 6.30. The Hall–Kier alpha value is -7.43. The highest BCUT2D eigenvalue weighted by Crippen LogP contribution is 2.44. The van der Waals surface area contributed by atoms with Gasteiger partial charge in [-0.15, -0.1) is 0 Å². The fraction of sp³-hybridized carbons (Fsp3) is 0. The second-order valence-corrected chi connectivity index (χ2v) is 14.0. The van der Waals surface area contributed by atoms with Crippen LogP contribution in [0.1, 0.15) is 0 Å². The number of nitrogens with zero attached hydrogens (tertiary/aromatic N) is 4. The molecule has 0 unspecified atom stereocenters. The number of pyridine rings is 1. The summed E-state index contributed by atoms with van der Waals surface area (Å²) in [5.74, 6) is 0.703. The summed E-state index contributed by atoms with van der Waals surface area (Å²) < 4.78 is 2.39. The van der Waals surface area contributed by atoms with E-state index in [9.17, 15) is 0 Å². The zero-order chi connectivity index (χ0) is 36.3. The average molecular weight is 701 g/mol. The fourth-order valence-corrected chi connectivity index (χ4v) is 8.30. The Kier molecular flexibility index (Phi) is 7.14. The van der Waals surface area contributed by atoms with Crippen molar-refractivity contribution < 1.29 is 0 Å². The minimum Gasteiger partial charge on any atom is -0.309 e. The standard InChI is InChI=1S/C51H32N4/c1-4-15-34(16-5-1)48-39-21-10-12-25-43(39)52-51(54-48)36-29-27-33(28-30-36)38-23-14-24-41-46-42(49(53-50(38)41)35-17-6-2-7-18-35)31-32-45-47(46)40-22-11-13-26-44(40)55(45)37-19-8-3-9-20-37/h1-32H. The first-order valence-electron chi connectivity index (χ1n) is 18.6. The molecule has 11 rings (SSSR count). The van der Waals surface area contributed by atoms with Crippen LogP contribution in [-0.4, -0.2) is 19.5 Å². The van der Waals surface area contributed by atoms with E-state index in [0.717, 1.165) is 72.1 Å². The molecular weight excluding hydrogens is 669 g/mol. The molecule has 0 aliphatic rings.